The van der Waals surface area contributed by atoms with E-state index in [4.69, 9.17) is 10.2 Å². The maximum Gasteiger partial charge on any atom is 0.223 e. The van der Waals surface area contributed by atoms with E-state index < -0.39 is 0 Å². The van der Waals surface area contributed by atoms with E-state index in [0.29, 0.717) is 25.6 Å². The molecule has 1 heterocycles. The predicted octanol–water partition coefficient (Wildman–Crippen LogP) is 2.06. The van der Waals surface area contributed by atoms with Crippen LogP contribution in [-0.2, 0) is 11.3 Å². The summed E-state index contributed by atoms with van der Waals surface area (Å²) in [6.45, 7) is 5.09. The van der Waals surface area contributed by atoms with Gasteiger partial charge in [0.15, 0.2) is 0 Å². The molecule has 0 aromatic carbocycles. The van der Waals surface area contributed by atoms with E-state index in [0.717, 1.165) is 24.4 Å². The molecule has 0 spiro atoms. The van der Waals surface area contributed by atoms with Gasteiger partial charge >= 0.3 is 0 Å². The Morgan fingerprint density at radius 2 is 2.28 bits per heavy atom. The summed E-state index contributed by atoms with van der Waals surface area (Å²) in [5, 5.41) is 0. The summed E-state index contributed by atoms with van der Waals surface area (Å²) in [5.74, 6) is 2.21. The molecule has 1 aromatic rings. The second-order valence-electron chi connectivity index (χ2n) is 5.31. The highest BCUT2D eigenvalue weighted by atomic mass is 16.3. The second-order valence-corrected chi connectivity index (χ2v) is 5.31. The van der Waals surface area contributed by atoms with Crippen LogP contribution in [0.5, 0.6) is 0 Å². The van der Waals surface area contributed by atoms with E-state index in [1.54, 1.807) is 0 Å². The number of nitrogens with zero attached hydrogens (tertiary/aromatic N) is 1. The predicted molar refractivity (Wildman–Crippen MR) is 69.9 cm³/mol. The maximum atomic E-state index is 12.2. The zero-order valence-electron chi connectivity index (χ0n) is 11.2. The molecular weight excluding hydrogens is 228 g/mol. The van der Waals surface area contributed by atoms with Gasteiger partial charge in [-0.2, -0.15) is 0 Å². The van der Waals surface area contributed by atoms with Gasteiger partial charge in [-0.05, 0) is 44.4 Å². The smallest absolute Gasteiger partial charge is 0.223 e. The van der Waals surface area contributed by atoms with Crippen LogP contribution in [-0.4, -0.2) is 23.4 Å². The maximum absolute atomic E-state index is 12.2. The Hall–Kier alpha value is -1.29. The van der Waals surface area contributed by atoms with Crippen LogP contribution >= 0.6 is 0 Å². The minimum Gasteiger partial charge on any atom is -0.464 e. The fraction of sp³-hybridized carbons (Fsp3) is 0.643. The van der Waals surface area contributed by atoms with E-state index in [-0.39, 0.29) is 11.8 Å². The van der Waals surface area contributed by atoms with Crippen LogP contribution in [0, 0.1) is 12.8 Å². The van der Waals surface area contributed by atoms with E-state index in [2.05, 4.69) is 0 Å². The molecule has 1 aliphatic rings. The van der Waals surface area contributed by atoms with Crippen molar-refractivity contribution in [1.82, 2.24) is 4.90 Å². The SMILES string of the molecule is Cc1ccc(CN(C(=O)CC(C)CN)C2CC2)o1. The first-order chi connectivity index (χ1) is 8.60. The van der Waals surface area contributed by atoms with Gasteiger partial charge in [0, 0.05) is 12.5 Å². The molecule has 2 rings (SSSR count). The first kappa shape index (κ1) is 13.1. The molecule has 1 fully saturated rings. The molecule has 4 nitrogen and oxygen atoms in total. The number of hydrogen-bond acceptors (Lipinski definition) is 3. The first-order valence-electron chi connectivity index (χ1n) is 6.65. The third-order valence-electron chi connectivity index (χ3n) is 3.36. The standard InChI is InChI=1S/C14H22N2O2/c1-10(8-15)7-14(17)16(12-4-5-12)9-13-6-3-11(2)18-13/h3,6,10,12H,4-5,7-9,15H2,1-2H3. The largest absolute Gasteiger partial charge is 0.464 e. The van der Waals surface area contributed by atoms with Crippen molar-refractivity contribution in [3.05, 3.63) is 23.7 Å². The van der Waals surface area contributed by atoms with Crippen molar-refractivity contribution in [3.63, 3.8) is 0 Å². The van der Waals surface area contributed by atoms with Gasteiger partial charge in [-0.3, -0.25) is 4.79 Å². The van der Waals surface area contributed by atoms with E-state index >= 15 is 0 Å². The Labute approximate surface area is 108 Å². The van der Waals surface area contributed by atoms with Gasteiger partial charge in [0.25, 0.3) is 0 Å². The molecular formula is C14H22N2O2. The highest BCUT2D eigenvalue weighted by molar-refractivity contribution is 5.77. The van der Waals surface area contributed by atoms with Gasteiger partial charge in [-0.15, -0.1) is 0 Å². The number of carbonyl (C=O) groups excluding carboxylic acids is 1. The van der Waals surface area contributed by atoms with Crippen LogP contribution in [0.25, 0.3) is 0 Å². The summed E-state index contributed by atoms with van der Waals surface area (Å²) < 4.78 is 5.55. The molecule has 0 bridgehead atoms. The Balaban J connectivity index is 1.97. The average molecular weight is 250 g/mol. The van der Waals surface area contributed by atoms with Crippen molar-refractivity contribution >= 4 is 5.91 Å². The third kappa shape index (κ3) is 3.35. The summed E-state index contributed by atoms with van der Waals surface area (Å²) in [6, 6.07) is 4.30. The quantitative estimate of drug-likeness (QED) is 0.840. The van der Waals surface area contributed by atoms with Crippen molar-refractivity contribution in [1.29, 1.82) is 0 Å². The highest BCUT2D eigenvalue weighted by Gasteiger charge is 2.33. The number of carbonyl (C=O) groups is 1. The summed E-state index contributed by atoms with van der Waals surface area (Å²) in [5.41, 5.74) is 5.58. The van der Waals surface area contributed by atoms with Gasteiger partial charge in [0.05, 0.1) is 6.54 Å². The molecule has 1 aromatic heterocycles. The van der Waals surface area contributed by atoms with Gasteiger partial charge in [0.1, 0.15) is 11.5 Å². The molecule has 1 unspecified atom stereocenters. The lowest BCUT2D eigenvalue weighted by atomic mass is 10.1. The minimum absolute atomic E-state index is 0.199. The number of furan rings is 1. The second kappa shape index (κ2) is 5.57. The van der Waals surface area contributed by atoms with Crippen LogP contribution in [0.15, 0.2) is 16.5 Å². The minimum atomic E-state index is 0.199. The molecule has 0 saturated heterocycles. The monoisotopic (exact) mass is 250 g/mol. The Kier molecular flexibility index (Phi) is 4.07. The number of hydrogen-bond donors (Lipinski definition) is 1. The van der Waals surface area contributed by atoms with E-state index in [9.17, 15) is 4.79 Å². The fourth-order valence-corrected chi connectivity index (χ4v) is 2.04. The third-order valence-corrected chi connectivity index (χ3v) is 3.36. The molecule has 100 valence electrons. The van der Waals surface area contributed by atoms with Crippen LogP contribution in [0.1, 0.15) is 37.7 Å². The molecule has 0 aliphatic heterocycles. The number of nitrogens with two attached hydrogens (primary N) is 1. The Morgan fingerprint density at radius 1 is 1.56 bits per heavy atom. The van der Waals surface area contributed by atoms with Crippen molar-refractivity contribution in [2.24, 2.45) is 11.7 Å². The van der Waals surface area contributed by atoms with E-state index in [1.165, 1.54) is 0 Å². The number of aryl methyl sites for hydroxylation is 1. The van der Waals surface area contributed by atoms with Gasteiger partial charge < -0.3 is 15.1 Å². The fourth-order valence-electron chi connectivity index (χ4n) is 2.04. The molecule has 1 aliphatic carbocycles. The van der Waals surface area contributed by atoms with Crippen LogP contribution < -0.4 is 5.73 Å². The lowest BCUT2D eigenvalue weighted by molar-refractivity contribution is -0.133. The summed E-state index contributed by atoms with van der Waals surface area (Å²) in [4.78, 5) is 14.2. The Morgan fingerprint density at radius 3 is 2.78 bits per heavy atom. The Bertz CT molecular complexity index is 410. The van der Waals surface area contributed by atoms with Crippen molar-refractivity contribution in [2.75, 3.05) is 6.54 Å². The average Bonchev–Trinajstić information content (AvgIpc) is 3.09. The molecule has 18 heavy (non-hydrogen) atoms. The molecule has 4 heteroatoms. The van der Waals surface area contributed by atoms with Crippen molar-refractivity contribution < 1.29 is 9.21 Å². The first-order valence-corrected chi connectivity index (χ1v) is 6.65. The summed E-state index contributed by atoms with van der Waals surface area (Å²) >= 11 is 0. The van der Waals surface area contributed by atoms with Crippen LogP contribution in [0.4, 0.5) is 0 Å². The normalized spacial score (nSPS) is 16.6. The summed E-state index contributed by atoms with van der Waals surface area (Å²) in [7, 11) is 0. The van der Waals surface area contributed by atoms with Gasteiger partial charge in [0.2, 0.25) is 5.91 Å². The number of rotatable bonds is 6. The topological polar surface area (TPSA) is 59.5 Å². The molecule has 1 amide bonds. The molecule has 1 saturated carbocycles. The van der Waals surface area contributed by atoms with Gasteiger partial charge in [-0.25, -0.2) is 0 Å². The zero-order chi connectivity index (χ0) is 13.1. The van der Waals surface area contributed by atoms with Gasteiger partial charge in [-0.1, -0.05) is 6.92 Å². The lowest BCUT2D eigenvalue weighted by Crippen LogP contribution is -2.34. The van der Waals surface area contributed by atoms with Crippen molar-refractivity contribution in [2.45, 2.75) is 45.7 Å². The lowest BCUT2D eigenvalue weighted by Gasteiger charge is -2.22. The summed E-state index contributed by atoms with van der Waals surface area (Å²) in [6.07, 6.45) is 2.76. The molecule has 0 radical (unpaired) electrons. The van der Waals surface area contributed by atoms with Crippen LogP contribution in [0.2, 0.25) is 0 Å². The van der Waals surface area contributed by atoms with Crippen LogP contribution in [0.3, 0.4) is 0 Å². The zero-order valence-corrected chi connectivity index (χ0v) is 11.2. The highest BCUT2D eigenvalue weighted by Crippen LogP contribution is 2.29. The van der Waals surface area contributed by atoms with Crippen molar-refractivity contribution in [3.8, 4) is 0 Å². The van der Waals surface area contributed by atoms with E-state index in [1.807, 2.05) is 30.9 Å². The molecule has 2 N–H and O–H groups in total. The molecule has 1 atom stereocenters. The number of amides is 1.